The number of hydrogen-bond acceptors (Lipinski definition) is 6. The maximum atomic E-state index is 13.5. The van der Waals surface area contributed by atoms with Crippen LogP contribution in [0.25, 0.3) is 0 Å². The predicted octanol–water partition coefficient (Wildman–Crippen LogP) is 4.05. The number of sulfonamides is 1. The van der Waals surface area contributed by atoms with E-state index in [1.165, 1.54) is 37.4 Å². The highest BCUT2D eigenvalue weighted by Crippen LogP contribution is 2.26. The first-order valence-electron chi connectivity index (χ1n) is 10.4. The van der Waals surface area contributed by atoms with Crippen LogP contribution in [0.1, 0.15) is 16.7 Å². The number of anilines is 1. The van der Waals surface area contributed by atoms with E-state index in [9.17, 15) is 23.3 Å². The molecule has 0 atom stereocenters. The molecule has 0 aliphatic carbocycles. The molecule has 0 aliphatic heterocycles. The summed E-state index contributed by atoms with van der Waals surface area (Å²) >= 11 is 0. The molecular formula is C24H25N3O6S. The number of ether oxygens (including phenoxy) is 1. The Morgan fingerprint density at radius 1 is 1.03 bits per heavy atom. The van der Waals surface area contributed by atoms with Gasteiger partial charge in [-0.3, -0.25) is 14.9 Å². The monoisotopic (exact) mass is 483 g/mol. The molecule has 0 aliphatic rings. The van der Waals surface area contributed by atoms with Gasteiger partial charge in [0.1, 0.15) is 5.75 Å². The number of rotatable bonds is 9. The van der Waals surface area contributed by atoms with Crippen molar-refractivity contribution in [2.75, 3.05) is 19.0 Å². The van der Waals surface area contributed by atoms with Crippen LogP contribution in [0, 0.1) is 24.0 Å². The third-order valence-corrected chi connectivity index (χ3v) is 7.02. The van der Waals surface area contributed by atoms with E-state index >= 15 is 0 Å². The summed E-state index contributed by atoms with van der Waals surface area (Å²) in [5.74, 6) is -0.0687. The number of carbonyl (C=O) groups excluding carboxylic acids is 1. The fourth-order valence-corrected chi connectivity index (χ4v) is 4.85. The Morgan fingerprint density at radius 2 is 1.74 bits per heavy atom. The maximum absolute atomic E-state index is 13.5. The topological polar surface area (TPSA) is 119 Å². The maximum Gasteiger partial charge on any atom is 0.271 e. The number of benzene rings is 3. The molecule has 9 nitrogen and oxygen atoms in total. The zero-order valence-corrected chi connectivity index (χ0v) is 19.8. The Kier molecular flexibility index (Phi) is 7.64. The Labute approximate surface area is 198 Å². The fraction of sp³-hybridized carbons (Fsp3) is 0.208. The van der Waals surface area contributed by atoms with Gasteiger partial charge in [0.15, 0.2) is 0 Å². The lowest BCUT2D eigenvalue weighted by atomic mass is 10.2. The molecule has 0 bridgehead atoms. The molecule has 3 rings (SSSR count). The second-order valence-electron chi connectivity index (χ2n) is 7.69. The molecule has 1 amide bonds. The van der Waals surface area contributed by atoms with Crippen LogP contribution in [-0.2, 0) is 21.4 Å². The number of nitrogens with zero attached hydrogens (tertiary/aromatic N) is 2. The Bertz CT molecular complexity index is 1310. The van der Waals surface area contributed by atoms with Crippen LogP contribution in [0.5, 0.6) is 5.75 Å². The number of carbonyl (C=O) groups is 1. The largest absolute Gasteiger partial charge is 0.496 e. The van der Waals surface area contributed by atoms with E-state index in [4.69, 9.17) is 4.74 Å². The van der Waals surface area contributed by atoms with Gasteiger partial charge < -0.3 is 10.1 Å². The normalized spacial score (nSPS) is 11.3. The van der Waals surface area contributed by atoms with Gasteiger partial charge >= 0.3 is 0 Å². The lowest BCUT2D eigenvalue weighted by molar-refractivity contribution is -0.384. The number of non-ortho nitro benzene ring substituents is 1. The number of amides is 1. The van der Waals surface area contributed by atoms with Crippen LogP contribution in [-0.4, -0.2) is 37.2 Å². The molecule has 3 aromatic rings. The number of aryl methyl sites for hydroxylation is 2. The number of nitrogens with one attached hydrogen (secondary N) is 1. The van der Waals surface area contributed by atoms with Gasteiger partial charge in [-0.25, -0.2) is 8.42 Å². The zero-order valence-electron chi connectivity index (χ0n) is 19.0. The molecular weight excluding hydrogens is 458 g/mol. The summed E-state index contributed by atoms with van der Waals surface area (Å²) in [4.78, 5) is 23.4. The summed E-state index contributed by atoms with van der Waals surface area (Å²) in [5, 5.41) is 13.7. The lowest BCUT2D eigenvalue weighted by Gasteiger charge is -2.22. The van der Waals surface area contributed by atoms with Crippen LogP contribution in [0.2, 0.25) is 0 Å². The highest BCUT2D eigenvalue weighted by Gasteiger charge is 2.28. The highest BCUT2D eigenvalue weighted by atomic mass is 32.2. The minimum absolute atomic E-state index is 0.0288. The third kappa shape index (κ3) is 5.77. The van der Waals surface area contributed by atoms with Crippen LogP contribution in [0.4, 0.5) is 11.4 Å². The van der Waals surface area contributed by atoms with Crippen molar-refractivity contribution in [2.24, 2.45) is 0 Å². The SMILES string of the molecule is COc1ccc(S(=O)(=O)N(CC(=O)Nc2cc([N+](=O)[O-])ccc2C)Cc2ccccc2)cc1C. The van der Waals surface area contributed by atoms with Crippen molar-refractivity contribution >= 4 is 27.3 Å². The standard InChI is InChI=1S/C24H25N3O6S/c1-17-9-10-20(27(29)30)14-22(17)25-24(28)16-26(15-19-7-5-4-6-8-19)34(31,32)21-11-12-23(33-3)18(2)13-21/h4-14H,15-16H2,1-3H3,(H,25,28). The van der Waals surface area contributed by atoms with Crippen LogP contribution in [0.15, 0.2) is 71.6 Å². The molecule has 178 valence electrons. The Hall–Kier alpha value is -3.76. The van der Waals surface area contributed by atoms with Crippen molar-refractivity contribution in [3.05, 3.63) is 93.5 Å². The Balaban J connectivity index is 1.92. The van der Waals surface area contributed by atoms with Crippen molar-refractivity contribution < 1.29 is 22.9 Å². The molecule has 34 heavy (non-hydrogen) atoms. The average molecular weight is 484 g/mol. The molecule has 1 N–H and O–H groups in total. The lowest BCUT2D eigenvalue weighted by Crippen LogP contribution is -2.37. The zero-order chi connectivity index (χ0) is 24.9. The van der Waals surface area contributed by atoms with Crippen LogP contribution >= 0.6 is 0 Å². The first kappa shape index (κ1) is 24.9. The van der Waals surface area contributed by atoms with Gasteiger partial charge in [0.25, 0.3) is 5.69 Å². The van der Waals surface area contributed by atoms with Gasteiger partial charge in [-0.05, 0) is 48.7 Å². The second-order valence-corrected chi connectivity index (χ2v) is 9.63. The van der Waals surface area contributed by atoms with E-state index < -0.39 is 27.4 Å². The van der Waals surface area contributed by atoms with Crippen LogP contribution < -0.4 is 10.1 Å². The van der Waals surface area contributed by atoms with Gasteiger partial charge in [-0.2, -0.15) is 4.31 Å². The summed E-state index contributed by atoms with van der Waals surface area (Å²) in [7, 11) is -2.56. The molecule has 0 heterocycles. The minimum atomic E-state index is -4.06. The van der Waals surface area contributed by atoms with Crippen molar-refractivity contribution in [1.82, 2.24) is 4.31 Å². The van der Waals surface area contributed by atoms with Crippen molar-refractivity contribution in [2.45, 2.75) is 25.3 Å². The molecule has 10 heteroatoms. The highest BCUT2D eigenvalue weighted by molar-refractivity contribution is 7.89. The fourth-order valence-electron chi connectivity index (χ4n) is 3.38. The molecule has 0 aromatic heterocycles. The second kappa shape index (κ2) is 10.4. The van der Waals surface area contributed by atoms with E-state index in [2.05, 4.69) is 5.32 Å². The third-order valence-electron chi connectivity index (χ3n) is 5.23. The van der Waals surface area contributed by atoms with Gasteiger partial charge in [-0.1, -0.05) is 36.4 Å². The van der Waals surface area contributed by atoms with E-state index in [-0.39, 0.29) is 22.8 Å². The van der Waals surface area contributed by atoms with Gasteiger partial charge in [0.05, 0.1) is 29.2 Å². The molecule has 0 spiro atoms. The predicted molar refractivity (Wildman–Crippen MR) is 128 cm³/mol. The van der Waals surface area contributed by atoms with E-state index in [1.807, 2.05) is 6.07 Å². The van der Waals surface area contributed by atoms with Gasteiger partial charge in [0, 0.05) is 18.7 Å². The van der Waals surface area contributed by atoms with Crippen molar-refractivity contribution in [3.8, 4) is 5.75 Å². The summed E-state index contributed by atoms with van der Waals surface area (Å²) in [6, 6.07) is 17.5. The molecule has 0 radical (unpaired) electrons. The summed E-state index contributed by atoms with van der Waals surface area (Å²) in [6.45, 7) is 2.91. The smallest absolute Gasteiger partial charge is 0.271 e. The summed E-state index contributed by atoms with van der Waals surface area (Å²) < 4.78 is 33.3. The van der Waals surface area contributed by atoms with E-state index in [0.29, 0.717) is 22.4 Å². The van der Waals surface area contributed by atoms with Crippen LogP contribution in [0.3, 0.4) is 0 Å². The van der Waals surface area contributed by atoms with E-state index in [1.54, 1.807) is 44.2 Å². The number of nitro benzene ring substituents is 1. The molecule has 0 unspecified atom stereocenters. The molecule has 0 saturated heterocycles. The number of nitro groups is 1. The summed E-state index contributed by atoms with van der Waals surface area (Å²) in [6.07, 6.45) is 0. The Morgan fingerprint density at radius 3 is 2.35 bits per heavy atom. The first-order valence-corrected chi connectivity index (χ1v) is 11.8. The van der Waals surface area contributed by atoms with Crippen molar-refractivity contribution in [1.29, 1.82) is 0 Å². The van der Waals surface area contributed by atoms with E-state index in [0.717, 1.165) is 4.31 Å². The van der Waals surface area contributed by atoms with Crippen molar-refractivity contribution in [3.63, 3.8) is 0 Å². The molecule has 0 fully saturated rings. The molecule has 3 aromatic carbocycles. The molecule has 0 saturated carbocycles. The average Bonchev–Trinajstić information content (AvgIpc) is 2.80. The quantitative estimate of drug-likeness (QED) is 0.362. The summed E-state index contributed by atoms with van der Waals surface area (Å²) in [5.41, 5.74) is 2.03. The minimum Gasteiger partial charge on any atom is -0.496 e. The number of hydrogen-bond donors (Lipinski definition) is 1. The van der Waals surface area contributed by atoms with Gasteiger partial charge in [-0.15, -0.1) is 0 Å². The number of methoxy groups -OCH3 is 1. The first-order chi connectivity index (χ1) is 16.1. The van der Waals surface area contributed by atoms with Gasteiger partial charge in [0.2, 0.25) is 15.9 Å².